The summed E-state index contributed by atoms with van der Waals surface area (Å²) in [4.78, 5) is 13.2. The van der Waals surface area contributed by atoms with Crippen molar-refractivity contribution in [2.24, 2.45) is 0 Å². The molecule has 0 fully saturated rings. The van der Waals surface area contributed by atoms with Gasteiger partial charge in [0.1, 0.15) is 10.6 Å². The van der Waals surface area contributed by atoms with Crippen LogP contribution in [0.15, 0.2) is 53.6 Å². The number of methoxy groups -OCH3 is 1. The molecule has 6 nitrogen and oxygen atoms in total. The summed E-state index contributed by atoms with van der Waals surface area (Å²) >= 11 is 0. The van der Waals surface area contributed by atoms with Crippen molar-refractivity contribution >= 4 is 21.9 Å². The van der Waals surface area contributed by atoms with Crippen molar-refractivity contribution in [2.75, 3.05) is 7.11 Å². The number of sulfonamides is 1. The summed E-state index contributed by atoms with van der Waals surface area (Å²) in [7, 11) is -3.70. The van der Waals surface area contributed by atoms with E-state index in [1.165, 1.54) is 56.5 Å². The number of ketones is 1. The number of halogens is 5. The number of aromatic nitrogens is 1. The average molecular weight is 526 g/mol. The van der Waals surface area contributed by atoms with Crippen LogP contribution < -0.4 is 4.74 Å². The molecule has 0 bridgehead atoms. The SMILES string of the molecule is COc1cc(CN(Cc2cccnc2F)S(=O)(=O)c2cc(F)c(F)c(F)c2F)ccc1/C=C/C(C)=O. The molecule has 0 amide bonds. The molecule has 3 rings (SSSR count). The molecule has 0 atom stereocenters. The number of benzene rings is 2. The van der Waals surface area contributed by atoms with E-state index in [-0.39, 0.29) is 28.7 Å². The highest BCUT2D eigenvalue weighted by molar-refractivity contribution is 7.89. The molecule has 1 aromatic heterocycles. The van der Waals surface area contributed by atoms with E-state index >= 15 is 0 Å². The van der Waals surface area contributed by atoms with Crippen molar-refractivity contribution < 1.29 is 39.9 Å². The van der Waals surface area contributed by atoms with Gasteiger partial charge in [0.25, 0.3) is 0 Å². The number of allylic oxidation sites excluding steroid dienone is 1. The van der Waals surface area contributed by atoms with Crippen LogP contribution >= 0.6 is 0 Å². The Morgan fingerprint density at radius 2 is 1.75 bits per heavy atom. The van der Waals surface area contributed by atoms with Crippen LogP contribution in [0.2, 0.25) is 0 Å². The van der Waals surface area contributed by atoms with Crippen LogP contribution in [-0.4, -0.2) is 30.6 Å². The lowest BCUT2D eigenvalue weighted by molar-refractivity contribution is -0.112. The molecule has 0 spiro atoms. The van der Waals surface area contributed by atoms with Crippen molar-refractivity contribution in [3.8, 4) is 5.75 Å². The Bertz CT molecular complexity index is 1440. The van der Waals surface area contributed by atoms with E-state index in [1.54, 1.807) is 0 Å². The predicted molar refractivity (Wildman–Crippen MR) is 120 cm³/mol. The number of rotatable bonds is 9. The van der Waals surface area contributed by atoms with Gasteiger partial charge in [-0.25, -0.2) is 31.0 Å². The summed E-state index contributed by atoms with van der Waals surface area (Å²) in [6, 6.07) is 6.98. The third-order valence-corrected chi connectivity index (χ3v) is 6.82. The Hall–Kier alpha value is -3.64. The van der Waals surface area contributed by atoms with Gasteiger partial charge in [-0.3, -0.25) is 4.79 Å². The van der Waals surface area contributed by atoms with E-state index < -0.39 is 57.2 Å². The maximum atomic E-state index is 14.4. The van der Waals surface area contributed by atoms with Crippen molar-refractivity contribution in [3.63, 3.8) is 0 Å². The van der Waals surface area contributed by atoms with Crippen LogP contribution in [0.3, 0.4) is 0 Å². The highest BCUT2D eigenvalue weighted by Crippen LogP contribution is 2.29. The summed E-state index contributed by atoms with van der Waals surface area (Å²) in [5.74, 6) is -9.50. The summed E-state index contributed by atoms with van der Waals surface area (Å²) in [6.45, 7) is 0.123. The molecule has 0 N–H and O–H groups in total. The topological polar surface area (TPSA) is 76.6 Å². The number of carbonyl (C=O) groups excluding carboxylic acids is 1. The van der Waals surface area contributed by atoms with Gasteiger partial charge in [0.2, 0.25) is 16.0 Å². The molecule has 0 unspecified atom stereocenters. The lowest BCUT2D eigenvalue weighted by atomic mass is 10.1. The standard InChI is InChI=1S/C24H19F5N2O4S/c1-14(32)5-7-16-8-6-15(10-19(16)35-2)12-31(13-17-4-3-9-30-24(17)29)36(33,34)20-11-18(25)21(26)23(28)22(20)27/h3-11H,12-13H2,1-2H3/b7-5+. The van der Waals surface area contributed by atoms with Gasteiger partial charge < -0.3 is 4.74 Å². The van der Waals surface area contributed by atoms with E-state index in [9.17, 15) is 35.2 Å². The monoisotopic (exact) mass is 526 g/mol. The minimum Gasteiger partial charge on any atom is -0.496 e. The quantitative estimate of drug-likeness (QED) is 0.132. The number of nitrogens with zero attached hydrogens (tertiary/aromatic N) is 2. The van der Waals surface area contributed by atoms with Crippen LogP contribution in [0.25, 0.3) is 6.08 Å². The fourth-order valence-electron chi connectivity index (χ4n) is 3.23. The summed E-state index contributed by atoms with van der Waals surface area (Å²) in [5.41, 5.74) is 0.540. The average Bonchev–Trinajstić information content (AvgIpc) is 2.84. The van der Waals surface area contributed by atoms with E-state index in [0.717, 1.165) is 6.20 Å². The van der Waals surface area contributed by atoms with Crippen LogP contribution in [0.5, 0.6) is 5.75 Å². The van der Waals surface area contributed by atoms with Crippen LogP contribution in [0, 0.1) is 29.2 Å². The maximum absolute atomic E-state index is 14.4. The summed E-state index contributed by atoms with van der Waals surface area (Å²) in [6.07, 6.45) is 3.89. The van der Waals surface area contributed by atoms with E-state index in [2.05, 4.69) is 4.98 Å². The number of pyridine rings is 1. The third kappa shape index (κ3) is 5.77. The van der Waals surface area contributed by atoms with Crippen molar-refractivity contribution in [1.29, 1.82) is 0 Å². The van der Waals surface area contributed by atoms with Crippen LogP contribution in [-0.2, 0) is 27.9 Å². The number of carbonyl (C=O) groups is 1. The molecule has 3 aromatic rings. The van der Waals surface area contributed by atoms with E-state index in [1.807, 2.05) is 0 Å². The molecule has 0 aliphatic heterocycles. The molecule has 0 saturated heterocycles. The number of ether oxygens (including phenoxy) is 1. The Kier molecular flexibility index (Phi) is 8.21. The van der Waals surface area contributed by atoms with Gasteiger partial charge in [-0.15, -0.1) is 0 Å². The van der Waals surface area contributed by atoms with Crippen molar-refractivity contribution in [3.05, 3.63) is 94.6 Å². The number of hydrogen-bond donors (Lipinski definition) is 0. The largest absolute Gasteiger partial charge is 0.496 e. The van der Waals surface area contributed by atoms with Crippen molar-refractivity contribution in [1.82, 2.24) is 9.29 Å². The first kappa shape index (κ1) is 27.0. The van der Waals surface area contributed by atoms with E-state index in [4.69, 9.17) is 4.74 Å². The third-order valence-electron chi connectivity index (χ3n) is 5.02. The second-order valence-electron chi connectivity index (χ2n) is 7.55. The van der Waals surface area contributed by atoms with Gasteiger partial charge in [0.05, 0.1) is 7.11 Å². The van der Waals surface area contributed by atoms with Gasteiger partial charge in [-0.2, -0.15) is 8.70 Å². The maximum Gasteiger partial charge on any atom is 0.246 e. The first-order valence-corrected chi connectivity index (χ1v) is 11.7. The molecule has 0 aliphatic carbocycles. The minimum absolute atomic E-state index is 0.0198. The molecule has 0 radical (unpaired) electrons. The Balaban J connectivity index is 2.10. The molecule has 0 aliphatic rings. The molecule has 36 heavy (non-hydrogen) atoms. The fourth-order valence-corrected chi connectivity index (χ4v) is 4.71. The van der Waals surface area contributed by atoms with Crippen LogP contribution in [0.4, 0.5) is 22.0 Å². The van der Waals surface area contributed by atoms with Gasteiger partial charge in [-0.05, 0) is 36.8 Å². The van der Waals surface area contributed by atoms with Gasteiger partial charge in [0.15, 0.2) is 29.1 Å². The molecule has 12 heteroatoms. The zero-order valence-electron chi connectivity index (χ0n) is 18.9. The van der Waals surface area contributed by atoms with Crippen molar-refractivity contribution in [2.45, 2.75) is 24.9 Å². The Morgan fingerprint density at radius 1 is 1.03 bits per heavy atom. The molecular formula is C24H19F5N2O4S. The fraction of sp³-hybridized carbons (Fsp3) is 0.167. The smallest absolute Gasteiger partial charge is 0.246 e. The second-order valence-corrected chi connectivity index (χ2v) is 9.45. The Morgan fingerprint density at radius 3 is 2.39 bits per heavy atom. The van der Waals surface area contributed by atoms with Gasteiger partial charge in [0, 0.05) is 36.5 Å². The molecule has 1 heterocycles. The zero-order chi connectivity index (χ0) is 26.6. The number of hydrogen-bond acceptors (Lipinski definition) is 5. The predicted octanol–water partition coefficient (Wildman–Crippen LogP) is 4.78. The first-order valence-electron chi connectivity index (χ1n) is 10.2. The highest BCUT2D eigenvalue weighted by atomic mass is 32.2. The van der Waals surface area contributed by atoms with Gasteiger partial charge >= 0.3 is 0 Å². The minimum atomic E-state index is -5.04. The normalized spacial score (nSPS) is 11.9. The summed E-state index contributed by atoms with van der Waals surface area (Å²) < 4.78 is 102. The molecule has 0 saturated carbocycles. The molecule has 2 aromatic carbocycles. The zero-order valence-corrected chi connectivity index (χ0v) is 19.8. The van der Waals surface area contributed by atoms with E-state index in [0.29, 0.717) is 9.87 Å². The highest BCUT2D eigenvalue weighted by Gasteiger charge is 2.33. The lowest BCUT2D eigenvalue weighted by Crippen LogP contribution is -2.32. The molecule has 190 valence electrons. The Labute approximate surface area is 203 Å². The second kappa shape index (κ2) is 11.0. The van der Waals surface area contributed by atoms with Crippen LogP contribution in [0.1, 0.15) is 23.6 Å². The summed E-state index contributed by atoms with van der Waals surface area (Å²) in [5, 5.41) is 0. The van der Waals surface area contributed by atoms with Gasteiger partial charge in [-0.1, -0.05) is 18.2 Å². The first-order chi connectivity index (χ1) is 16.9. The molecular weight excluding hydrogens is 507 g/mol. The lowest BCUT2D eigenvalue weighted by Gasteiger charge is -2.23.